The second-order valence-electron chi connectivity index (χ2n) is 3.36. The SMILES string of the molecule is Cc1cc(Sc2ccccc2)ccc1O. The average molecular weight is 216 g/mol. The molecule has 0 saturated carbocycles. The van der Waals surface area contributed by atoms with Gasteiger partial charge in [-0.05, 0) is 42.8 Å². The summed E-state index contributed by atoms with van der Waals surface area (Å²) in [5.41, 5.74) is 0.913. The molecule has 0 radical (unpaired) electrons. The van der Waals surface area contributed by atoms with E-state index < -0.39 is 0 Å². The molecular formula is C13H12OS. The summed E-state index contributed by atoms with van der Waals surface area (Å²) in [6, 6.07) is 15.9. The highest BCUT2D eigenvalue weighted by molar-refractivity contribution is 7.99. The van der Waals surface area contributed by atoms with Gasteiger partial charge >= 0.3 is 0 Å². The number of hydrogen-bond donors (Lipinski definition) is 1. The van der Waals surface area contributed by atoms with Gasteiger partial charge in [-0.3, -0.25) is 0 Å². The Balaban J connectivity index is 2.22. The molecule has 0 heterocycles. The van der Waals surface area contributed by atoms with Gasteiger partial charge in [0.05, 0.1) is 0 Å². The molecule has 0 fully saturated rings. The number of aryl methyl sites for hydroxylation is 1. The molecule has 0 aromatic heterocycles. The molecule has 0 amide bonds. The predicted octanol–water partition coefficient (Wildman–Crippen LogP) is 3.85. The van der Waals surface area contributed by atoms with Crippen LogP contribution in [-0.4, -0.2) is 5.11 Å². The van der Waals surface area contributed by atoms with E-state index in [4.69, 9.17) is 0 Å². The van der Waals surface area contributed by atoms with Crippen molar-refractivity contribution in [3.8, 4) is 5.75 Å². The summed E-state index contributed by atoms with van der Waals surface area (Å²) in [4.78, 5) is 2.36. The lowest BCUT2D eigenvalue weighted by atomic mass is 10.2. The maximum absolute atomic E-state index is 9.40. The van der Waals surface area contributed by atoms with E-state index in [2.05, 4.69) is 12.1 Å². The largest absolute Gasteiger partial charge is 0.508 e. The zero-order valence-electron chi connectivity index (χ0n) is 8.47. The van der Waals surface area contributed by atoms with E-state index in [1.54, 1.807) is 17.8 Å². The van der Waals surface area contributed by atoms with Crippen LogP contribution in [0.3, 0.4) is 0 Å². The Bertz CT molecular complexity index is 451. The van der Waals surface area contributed by atoms with E-state index >= 15 is 0 Å². The Morgan fingerprint density at radius 3 is 2.33 bits per heavy atom. The molecule has 2 heteroatoms. The first-order valence-electron chi connectivity index (χ1n) is 4.78. The normalized spacial score (nSPS) is 10.2. The molecule has 76 valence electrons. The smallest absolute Gasteiger partial charge is 0.118 e. The van der Waals surface area contributed by atoms with Crippen LogP contribution in [0.2, 0.25) is 0 Å². The summed E-state index contributed by atoms with van der Waals surface area (Å²) in [5.74, 6) is 0.354. The Hall–Kier alpha value is -1.41. The topological polar surface area (TPSA) is 20.2 Å². The maximum Gasteiger partial charge on any atom is 0.118 e. The van der Waals surface area contributed by atoms with E-state index in [0.29, 0.717) is 5.75 Å². The molecule has 2 aromatic rings. The molecule has 0 unspecified atom stereocenters. The van der Waals surface area contributed by atoms with Crippen LogP contribution in [0.4, 0.5) is 0 Å². The van der Waals surface area contributed by atoms with Gasteiger partial charge in [0.1, 0.15) is 5.75 Å². The Morgan fingerprint density at radius 1 is 0.933 bits per heavy atom. The number of hydrogen-bond acceptors (Lipinski definition) is 2. The zero-order valence-corrected chi connectivity index (χ0v) is 9.29. The standard InChI is InChI=1S/C13H12OS/c1-10-9-12(7-8-13(10)14)15-11-5-3-2-4-6-11/h2-9,14H,1H3. The van der Waals surface area contributed by atoms with E-state index in [9.17, 15) is 5.11 Å². The van der Waals surface area contributed by atoms with Crippen molar-refractivity contribution in [2.24, 2.45) is 0 Å². The van der Waals surface area contributed by atoms with Crippen molar-refractivity contribution in [3.63, 3.8) is 0 Å². The van der Waals surface area contributed by atoms with E-state index in [1.165, 1.54) is 4.90 Å². The van der Waals surface area contributed by atoms with E-state index in [0.717, 1.165) is 10.5 Å². The van der Waals surface area contributed by atoms with Crippen molar-refractivity contribution in [2.75, 3.05) is 0 Å². The third-order valence-electron chi connectivity index (χ3n) is 2.15. The average Bonchev–Trinajstić information content (AvgIpc) is 2.25. The van der Waals surface area contributed by atoms with E-state index in [1.807, 2.05) is 37.3 Å². The second kappa shape index (κ2) is 4.41. The van der Waals surface area contributed by atoms with Gasteiger partial charge < -0.3 is 5.11 Å². The van der Waals surface area contributed by atoms with Crippen LogP contribution in [-0.2, 0) is 0 Å². The minimum Gasteiger partial charge on any atom is -0.508 e. The van der Waals surface area contributed by atoms with Crippen LogP contribution in [0.25, 0.3) is 0 Å². The first kappa shape index (κ1) is 10.1. The number of rotatable bonds is 2. The number of phenols is 1. The Morgan fingerprint density at radius 2 is 1.67 bits per heavy atom. The summed E-state index contributed by atoms with van der Waals surface area (Å²) in [5, 5.41) is 9.40. The number of aromatic hydroxyl groups is 1. The molecule has 0 atom stereocenters. The van der Waals surface area contributed by atoms with Gasteiger partial charge in [0.15, 0.2) is 0 Å². The molecule has 0 aliphatic rings. The molecule has 2 aromatic carbocycles. The molecule has 2 rings (SSSR count). The van der Waals surface area contributed by atoms with Crippen molar-refractivity contribution in [2.45, 2.75) is 16.7 Å². The van der Waals surface area contributed by atoms with Crippen LogP contribution >= 0.6 is 11.8 Å². The van der Waals surface area contributed by atoms with Gasteiger partial charge in [-0.1, -0.05) is 30.0 Å². The molecule has 0 saturated heterocycles. The third kappa shape index (κ3) is 2.54. The first-order chi connectivity index (χ1) is 7.25. The second-order valence-corrected chi connectivity index (χ2v) is 4.51. The fourth-order valence-corrected chi connectivity index (χ4v) is 2.25. The summed E-state index contributed by atoms with van der Waals surface area (Å²) in [6.07, 6.45) is 0. The highest BCUT2D eigenvalue weighted by Crippen LogP contribution is 2.30. The van der Waals surface area contributed by atoms with Gasteiger partial charge in [0.25, 0.3) is 0 Å². The molecule has 1 N–H and O–H groups in total. The summed E-state index contributed by atoms with van der Waals surface area (Å²) >= 11 is 1.70. The van der Waals surface area contributed by atoms with Gasteiger partial charge in [0, 0.05) is 9.79 Å². The lowest BCUT2D eigenvalue weighted by molar-refractivity contribution is 0.470. The fraction of sp³-hybridized carbons (Fsp3) is 0.0769. The fourth-order valence-electron chi connectivity index (χ4n) is 1.32. The van der Waals surface area contributed by atoms with Crippen LogP contribution < -0.4 is 0 Å². The predicted molar refractivity (Wildman–Crippen MR) is 63.4 cm³/mol. The minimum atomic E-state index is 0.354. The molecule has 0 bridgehead atoms. The van der Waals surface area contributed by atoms with Gasteiger partial charge in [-0.25, -0.2) is 0 Å². The lowest BCUT2D eigenvalue weighted by Gasteiger charge is -2.03. The third-order valence-corrected chi connectivity index (χ3v) is 3.14. The van der Waals surface area contributed by atoms with Crippen LogP contribution in [0, 0.1) is 6.92 Å². The summed E-state index contributed by atoms with van der Waals surface area (Å²) < 4.78 is 0. The highest BCUT2D eigenvalue weighted by Gasteiger charge is 1.99. The number of benzene rings is 2. The van der Waals surface area contributed by atoms with Gasteiger partial charge in [-0.15, -0.1) is 0 Å². The molecule has 15 heavy (non-hydrogen) atoms. The first-order valence-corrected chi connectivity index (χ1v) is 5.60. The quantitative estimate of drug-likeness (QED) is 0.822. The van der Waals surface area contributed by atoms with Crippen molar-refractivity contribution >= 4 is 11.8 Å². The van der Waals surface area contributed by atoms with Crippen molar-refractivity contribution in [1.82, 2.24) is 0 Å². The van der Waals surface area contributed by atoms with Crippen LogP contribution in [0.15, 0.2) is 58.3 Å². The molecule has 1 nitrogen and oxygen atoms in total. The molecular weight excluding hydrogens is 204 g/mol. The molecule has 0 aliphatic carbocycles. The van der Waals surface area contributed by atoms with Crippen molar-refractivity contribution < 1.29 is 5.11 Å². The lowest BCUT2D eigenvalue weighted by Crippen LogP contribution is -1.77. The molecule has 0 spiro atoms. The van der Waals surface area contributed by atoms with Crippen LogP contribution in [0.5, 0.6) is 5.75 Å². The summed E-state index contributed by atoms with van der Waals surface area (Å²) in [6.45, 7) is 1.91. The molecule has 0 aliphatic heterocycles. The highest BCUT2D eigenvalue weighted by atomic mass is 32.2. The van der Waals surface area contributed by atoms with E-state index in [-0.39, 0.29) is 0 Å². The van der Waals surface area contributed by atoms with Gasteiger partial charge in [-0.2, -0.15) is 0 Å². The monoisotopic (exact) mass is 216 g/mol. The van der Waals surface area contributed by atoms with Crippen molar-refractivity contribution in [3.05, 3.63) is 54.1 Å². The van der Waals surface area contributed by atoms with Gasteiger partial charge in [0.2, 0.25) is 0 Å². The summed E-state index contributed by atoms with van der Waals surface area (Å²) in [7, 11) is 0. The minimum absolute atomic E-state index is 0.354. The maximum atomic E-state index is 9.40. The Labute approximate surface area is 93.8 Å². The number of phenolic OH excluding ortho intramolecular Hbond substituents is 1. The van der Waals surface area contributed by atoms with Crippen LogP contribution in [0.1, 0.15) is 5.56 Å². The zero-order chi connectivity index (χ0) is 10.7. The van der Waals surface area contributed by atoms with Crippen molar-refractivity contribution in [1.29, 1.82) is 0 Å². The Kier molecular flexibility index (Phi) is 2.97.